The molecule has 4 nitrogen and oxygen atoms in total. The molecule has 0 aliphatic rings. The maximum absolute atomic E-state index is 11.0. The molecule has 88 valence electrons. The smallest absolute Gasteiger partial charge is 0.326 e. The number of hydrogen-bond acceptors (Lipinski definition) is 3. The molecule has 0 aromatic heterocycles. The Bertz CT molecular complexity index is 396. The summed E-state index contributed by atoms with van der Waals surface area (Å²) in [7, 11) is 1.74. The van der Waals surface area contributed by atoms with Gasteiger partial charge in [-0.2, -0.15) is 0 Å². The fourth-order valence-corrected chi connectivity index (χ4v) is 2.01. The van der Waals surface area contributed by atoms with E-state index < -0.39 is 12.0 Å². The Balaban J connectivity index is 3.03. The van der Waals surface area contributed by atoms with Crippen molar-refractivity contribution in [2.75, 3.05) is 17.7 Å². The number of hydrogen-bond donors (Lipinski definition) is 2. The normalized spacial score (nSPS) is 12.2. The SMILES string of the molecule is CCC(C(=O)O)N(C)c1ccc(Br)cc1N. The van der Waals surface area contributed by atoms with Crippen LogP contribution in [0.5, 0.6) is 0 Å². The van der Waals surface area contributed by atoms with Gasteiger partial charge in [0.15, 0.2) is 0 Å². The number of benzene rings is 1. The molecule has 0 fully saturated rings. The topological polar surface area (TPSA) is 66.6 Å². The zero-order valence-corrected chi connectivity index (χ0v) is 10.9. The van der Waals surface area contributed by atoms with Crippen molar-refractivity contribution in [1.29, 1.82) is 0 Å². The Kier molecular flexibility index (Phi) is 4.18. The number of rotatable bonds is 4. The Morgan fingerprint density at radius 1 is 1.62 bits per heavy atom. The first kappa shape index (κ1) is 12.8. The van der Waals surface area contributed by atoms with E-state index in [2.05, 4.69) is 15.9 Å². The minimum atomic E-state index is -0.840. The van der Waals surface area contributed by atoms with E-state index in [1.807, 2.05) is 19.1 Å². The Labute approximate surface area is 103 Å². The lowest BCUT2D eigenvalue weighted by molar-refractivity contribution is -0.138. The summed E-state index contributed by atoms with van der Waals surface area (Å²) in [6.07, 6.45) is 0.529. The van der Waals surface area contributed by atoms with Crippen molar-refractivity contribution < 1.29 is 9.90 Å². The van der Waals surface area contributed by atoms with Crippen molar-refractivity contribution >= 4 is 33.3 Å². The Morgan fingerprint density at radius 2 is 2.25 bits per heavy atom. The summed E-state index contributed by atoms with van der Waals surface area (Å²) in [5.74, 6) is -0.840. The maximum Gasteiger partial charge on any atom is 0.326 e. The highest BCUT2D eigenvalue weighted by Crippen LogP contribution is 2.27. The number of anilines is 2. The molecule has 1 aromatic rings. The second kappa shape index (κ2) is 5.21. The molecule has 5 heteroatoms. The van der Waals surface area contributed by atoms with E-state index in [0.717, 1.165) is 10.2 Å². The molecule has 3 N–H and O–H groups in total. The molecule has 0 heterocycles. The van der Waals surface area contributed by atoms with Crippen LogP contribution in [-0.4, -0.2) is 24.2 Å². The molecule has 0 aliphatic heterocycles. The number of halogens is 1. The third kappa shape index (κ3) is 2.66. The van der Waals surface area contributed by atoms with Crippen molar-refractivity contribution in [3.8, 4) is 0 Å². The monoisotopic (exact) mass is 286 g/mol. The largest absolute Gasteiger partial charge is 0.480 e. The lowest BCUT2D eigenvalue weighted by atomic mass is 10.1. The van der Waals surface area contributed by atoms with Crippen molar-refractivity contribution in [1.82, 2.24) is 0 Å². The number of nitrogens with zero attached hydrogens (tertiary/aromatic N) is 1. The third-order valence-electron chi connectivity index (χ3n) is 2.51. The number of likely N-dealkylation sites (N-methyl/N-ethyl adjacent to an activating group) is 1. The van der Waals surface area contributed by atoms with Crippen molar-refractivity contribution in [3.05, 3.63) is 22.7 Å². The van der Waals surface area contributed by atoms with Crippen molar-refractivity contribution in [2.24, 2.45) is 0 Å². The number of nitrogens with two attached hydrogens (primary N) is 1. The van der Waals surface area contributed by atoms with Crippen LogP contribution in [0, 0.1) is 0 Å². The van der Waals surface area contributed by atoms with Crippen LogP contribution in [0.15, 0.2) is 22.7 Å². The number of carboxylic acids is 1. The molecule has 0 saturated carbocycles. The molecule has 16 heavy (non-hydrogen) atoms. The molecule has 1 aromatic carbocycles. The van der Waals surface area contributed by atoms with Crippen molar-refractivity contribution in [3.63, 3.8) is 0 Å². The lowest BCUT2D eigenvalue weighted by Crippen LogP contribution is -2.38. The molecular weight excluding hydrogens is 272 g/mol. The van der Waals surface area contributed by atoms with Crippen LogP contribution in [0.1, 0.15) is 13.3 Å². The third-order valence-corrected chi connectivity index (χ3v) is 3.00. The van der Waals surface area contributed by atoms with Gasteiger partial charge in [0, 0.05) is 11.5 Å². The van der Waals surface area contributed by atoms with Crippen LogP contribution >= 0.6 is 15.9 Å². The zero-order valence-electron chi connectivity index (χ0n) is 9.27. The predicted octanol–water partition coefficient (Wildman–Crippen LogP) is 2.33. The molecule has 0 spiro atoms. The van der Waals surface area contributed by atoms with E-state index in [0.29, 0.717) is 12.1 Å². The van der Waals surface area contributed by atoms with Gasteiger partial charge in [-0.25, -0.2) is 4.79 Å². The van der Waals surface area contributed by atoms with Gasteiger partial charge < -0.3 is 15.7 Å². The second-order valence-corrected chi connectivity index (χ2v) is 4.49. The molecule has 1 rings (SSSR count). The van der Waals surface area contributed by atoms with E-state index in [1.165, 1.54) is 0 Å². The fourth-order valence-electron chi connectivity index (χ4n) is 1.63. The van der Waals surface area contributed by atoms with Gasteiger partial charge in [0.05, 0.1) is 11.4 Å². The standard InChI is InChI=1S/C11H15BrN2O2/c1-3-9(11(15)16)14(2)10-5-4-7(12)6-8(10)13/h4-6,9H,3,13H2,1-2H3,(H,15,16). The number of carboxylic acid groups (broad SMARTS) is 1. The lowest BCUT2D eigenvalue weighted by Gasteiger charge is -2.27. The van der Waals surface area contributed by atoms with Gasteiger partial charge in [-0.15, -0.1) is 0 Å². The van der Waals surface area contributed by atoms with Gasteiger partial charge in [-0.05, 0) is 24.6 Å². The molecular formula is C11H15BrN2O2. The average Bonchev–Trinajstić information content (AvgIpc) is 2.17. The molecule has 0 aliphatic carbocycles. The maximum atomic E-state index is 11.0. The van der Waals surface area contributed by atoms with Crippen LogP contribution in [0.4, 0.5) is 11.4 Å². The molecule has 0 radical (unpaired) electrons. The van der Waals surface area contributed by atoms with Gasteiger partial charge >= 0.3 is 5.97 Å². The first-order valence-corrected chi connectivity index (χ1v) is 5.77. The number of carbonyl (C=O) groups is 1. The predicted molar refractivity (Wildman–Crippen MR) is 68.7 cm³/mol. The summed E-state index contributed by atoms with van der Waals surface area (Å²) >= 11 is 3.31. The van der Waals surface area contributed by atoms with E-state index in [9.17, 15) is 4.79 Å². The van der Waals surface area contributed by atoms with E-state index in [1.54, 1.807) is 18.0 Å². The summed E-state index contributed by atoms with van der Waals surface area (Å²) in [6.45, 7) is 1.84. The van der Waals surface area contributed by atoms with Gasteiger partial charge in [-0.1, -0.05) is 22.9 Å². The summed E-state index contributed by atoms with van der Waals surface area (Å²) in [5.41, 5.74) is 7.15. The van der Waals surface area contributed by atoms with Crippen LogP contribution in [0.3, 0.4) is 0 Å². The zero-order chi connectivity index (χ0) is 12.3. The van der Waals surface area contributed by atoms with Crippen LogP contribution in [0.2, 0.25) is 0 Å². The minimum Gasteiger partial charge on any atom is -0.480 e. The number of nitrogen functional groups attached to an aromatic ring is 1. The molecule has 0 saturated heterocycles. The summed E-state index contributed by atoms with van der Waals surface area (Å²) in [6, 6.07) is 4.87. The molecule has 0 bridgehead atoms. The Hall–Kier alpha value is -1.23. The minimum absolute atomic E-state index is 0.529. The van der Waals surface area contributed by atoms with E-state index >= 15 is 0 Å². The van der Waals surface area contributed by atoms with E-state index in [-0.39, 0.29) is 0 Å². The molecule has 1 unspecified atom stereocenters. The van der Waals surface area contributed by atoms with E-state index in [4.69, 9.17) is 10.8 Å². The second-order valence-electron chi connectivity index (χ2n) is 3.58. The first-order valence-electron chi connectivity index (χ1n) is 4.98. The quantitative estimate of drug-likeness (QED) is 0.834. The van der Waals surface area contributed by atoms with Gasteiger partial charge in [0.25, 0.3) is 0 Å². The summed E-state index contributed by atoms with van der Waals surface area (Å²) < 4.78 is 0.880. The fraction of sp³-hybridized carbons (Fsp3) is 0.364. The highest BCUT2D eigenvalue weighted by Gasteiger charge is 2.21. The van der Waals surface area contributed by atoms with Crippen molar-refractivity contribution in [2.45, 2.75) is 19.4 Å². The summed E-state index contributed by atoms with van der Waals surface area (Å²) in [4.78, 5) is 12.7. The first-order chi connectivity index (χ1) is 7.47. The average molecular weight is 287 g/mol. The van der Waals surface area contributed by atoms with Gasteiger partial charge in [-0.3, -0.25) is 0 Å². The summed E-state index contributed by atoms with van der Waals surface area (Å²) in [5, 5.41) is 9.06. The van der Waals surface area contributed by atoms with Crippen LogP contribution in [0.25, 0.3) is 0 Å². The highest BCUT2D eigenvalue weighted by molar-refractivity contribution is 9.10. The number of aliphatic carboxylic acids is 1. The Morgan fingerprint density at radius 3 is 2.69 bits per heavy atom. The van der Waals surface area contributed by atoms with Gasteiger partial charge in [0.1, 0.15) is 6.04 Å². The van der Waals surface area contributed by atoms with Crippen LogP contribution < -0.4 is 10.6 Å². The molecule has 0 amide bonds. The van der Waals surface area contributed by atoms with Gasteiger partial charge in [0.2, 0.25) is 0 Å². The molecule has 1 atom stereocenters. The highest BCUT2D eigenvalue weighted by atomic mass is 79.9. The van der Waals surface area contributed by atoms with Crippen LogP contribution in [-0.2, 0) is 4.79 Å².